The van der Waals surface area contributed by atoms with Gasteiger partial charge in [0.05, 0.1) is 5.52 Å². The molecule has 2 aromatic carbocycles. The van der Waals surface area contributed by atoms with Gasteiger partial charge in [0.1, 0.15) is 11.3 Å². The van der Waals surface area contributed by atoms with Gasteiger partial charge in [-0.25, -0.2) is 4.98 Å². The summed E-state index contributed by atoms with van der Waals surface area (Å²) < 4.78 is 2.11. The third-order valence-electron chi connectivity index (χ3n) is 4.54. The maximum Gasteiger partial charge on any atom is 0.278 e. The molecule has 0 fully saturated rings. The molecular weight excluding hydrogens is 334 g/mol. The van der Waals surface area contributed by atoms with Crippen LogP contribution in [-0.2, 0) is 13.0 Å². The summed E-state index contributed by atoms with van der Waals surface area (Å²) in [7, 11) is 0. The molecule has 1 aromatic heterocycles. The molecule has 0 N–H and O–H groups in total. The van der Waals surface area contributed by atoms with Crippen LogP contribution in [0.1, 0.15) is 35.4 Å². The lowest BCUT2D eigenvalue weighted by Crippen LogP contribution is -2.27. The van der Waals surface area contributed by atoms with Gasteiger partial charge in [0, 0.05) is 28.9 Å². The van der Waals surface area contributed by atoms with Crippen molar-refractivity contribution in [2.75, 3.05) is 0 Å². The van der Waals surface area contributed by atoms with Crippen LogP contribution in [0, 0.1) is 0 Å². The predicted octanol–water partition coefficient (Wildman–Crippen LogP) is 4.16. The molecule has 0 aliphatic carbocycles. The number of carbonyl (C=O) groups is 1. The molecule has 1 amide bonds. The number of rotatable bonds is 1. The van der Waals surface area contributed by atoms with Crippen molar-refractivity contribution in [3.63, 3.8) is 0 Å². The number of hydrogen-bond donors (Lipinski definition) is 0. The molecule has 0 saturated carbocycles. The highest BCUT2D eigenvalue weighted by Crippen LogP contribution is 2.15. The normalized spacial score (nSPS) is 15.0. The first-order valence-corrected chi connectivity index (χ1v) is 8.93. The molecule has 0 bridgehead atoms. The number of carbonyl (C=O) groups excluding carboxylic acids is 1. The number of para-hydroxylation sites is 1. The van der Waals surface area contributed by atoms with E-state index in [0.717, 1.165) is 42.5 Å². The minimum atomic E-state index is -0.257. The molecule has 5 heteroatoms. The fourth-order valence-electron chi connectivity index (χ4n) is 3.26. The van der Waals surface area contributed by atoms with E-state index in [-0.39, 0.29) is 5.91 Å². The highest BCUT2D eigenvalue weighted by Gasteiger charge is 2.14. The lowest BCUT2D eigenvalue weighted by Gasteiger charge is -2.12. The molecule has 4 nitrogen and oxygen atoms in total. The molecule has 0 spiro atoms. The van der Waals surface area contributed by atoms with Gasteiger partial charge < -0.3 is 4.57 Å². The number of amides is 1. The Kier molecular flexibility index (Phi) is 4.36. The van der Waals surface area contributed by atoms with Crippen molar-refractivity contribution in [1.29, 1.82) is 0 Å². The largest absolute Gasteiger partial charge is 0.314 e. The second kappa shape index (κ2) is 6.81. The third kappa shape index (κ3) is 3.22. The van der Waals surface area contributed by atoms with Crippen LogP contribution in [0.3, 0.4) is 0 Å². The van der Waals surface area contributed by atoms with Crippen LogP contribution < -0.4 is 5.49 Å². The molecule has 2 heterocycles. The monoisotopic (exact) mass is 351 g/mol. The molecule has 0 radical (unpaired) electrons. The van der Waals surface area contributed by atoms with Crippen LogP contribution in [0.5, 0.6) is 0 Å². The van der Waals surface area contributed by atoms with Crippen LogP contribution >= 0.6 is 11.6 Å². The van der Waals surface area contributed by atoms with Crippen molar-refractivity contribution < 1.29 is 4.79 Å². The summed E-state index contributed by atoms with van der Waals surface area (Å²) in [6.45, 7) is 0.847. The second-order valence-electron chi connectivity index (χ2n) is 6.25. The first-order chi connectivity index (χ1) is 12.2. The van der Waals surface area contributed by atoms with E-state index in [2.05, 4.69) is 9.56 Å². The van der Waals surface area contributed by atoms with Gasteiger partial charge in [0.2, 0.25) is 0 Å². The number of fused-ring (bicyclic) bond motifs is 2. The summed E-state index contributed by atoms with van der Waals surface area (Å²) in [4.78, 5) is 22.0. The maximum absolute atomic E-state index is 12.7. The highest BCUT2D eigenvalue weighted by molar-refractivity contribution is 6.30. The van der Waals surface area contributed by atoms with E-state index in [1.165, 1.54) is 6.42 Å². The summed E-state index contributed by atoms with van der Waals surface area (Å²) in [5.74, 6) is 0.755. The Hall–Kier alpha value is -2.46. The highest BCUT2D eigenvalue weighted by atomic mass is 35.5. The standard InChI is InChI=1S/C20H18ClN3O/c21-15-11-9-14(10-12-15)20(25)23-19-16-6-3-4-7-17(16)22-18-8-2-1-5-13-24(18)19/h3-4,6-7,9-12H,1-2,5,8,13H2. The first kappa shape index (κ1) is 16.0. The Morgan fingerprint density at radius 2 is 1.84 bits per heavy atom. The molecule has 3 aromatic rings. The quantitative estimate of drug-likeness (QED) is 0.661. The Morgan fingerprint density at radius 1 is 1.04 bits per heavy atom. The van der Waals surface area contributed by atoms with Gasteiger partial charge in [0.15, 0.2) is 0 Å². The molecular formula is C20H18ClN3O. The number of aryl methyl sites for hydroxylation is 1. The summed E-state index contributed by atoms with van der Waals surface area (Å²) in [6, 6.07) is 14.7. The van der Waals surface area contributed by atoms with Crippen molar-refractivity contribution >= 4 is 28.4 Å². The molecule has 0 saturated heterocycles. The Bertz CT molecular complexity index is 1010. The summed E-state index contributed by atoms with van der Waals surface area (Å²) in [5, 5.41) is 1.52. The first-order valence-electron chi connectivity index (χ1n) is 8.55. The number of hydrogen-bond acceptors (Lipinski definition) is 2. The minimum absolute atomic E-state index is 0.257. The minimum Gasteiger partial charge on any atom is -0.314 e. The lowest BCUT2D eigenvalue weighted by atomic mass is 10.2. The van der Waals surface area contributed by atoms with Gasteiger partial charge in [-0.15, -0.1) is 0 Å². The number of halogens is 1. The van der Waals surface area contributed by atoms with Gasteiger partial charge in [-0.3, -0.25) is 4.79 Å². The maximum atomic E-state index is 12.7. The number of benzene rings is 2. The number of nitrogens with zero attached hydrogens (tertiary/aromatic N) is 3. The Labute approximate surface area is 150 Å². The number of aromatic nitrogens is 2. The van der Waals surface area contributed by atoms with Crippen molar-refractivity contribution in [1.82, 2.24) is 9.55 Å². The van der Waals surface area contributed by atoms with E-state index >= 15 is 0 Å². The van der Waals surface area contributed by atoms with Crippen LogP contribution in [0.4, 0.5) is 0 Å². The molecule has 126 valence electrons. The Balaban J connectivity index is 1.94. The third-order valence-corrected chi connectivity index (χ3v) is 4.79. The van der Waals surface area contributed by atoms with E-state index in [0.29, 0.717) is 16.1 Å². The van der Waals surface area contributed by atoms with Gasteiger partial charge >= 0.3 is 0 Å². The zero-order valence-electron chi connectivity index (χ0n) is 13.8. The van der Waals surface area contributed by atoms with Crippen LogP contribution in [0.15, 0.2) is 53.5 Å². The van der Waals surface area contributed by atoms with E-state index in [9.17, 15) is 4.79 Å². The van der Waals surface area contributed by atoms with Gasteiger partial charge in [0.25, 0.3) is 5.91 Å². The fraction of sp³-hybridized carbons (Fsp3) is 0.250. The molecule has 1 aliphatic rings. The zero-order chi connectivity index (χ0) is 17.2. The summed E-state index contributed by atoms with van der Waals surface area (Å²) >= 11 is 5.91. The Morgan fingerprint density at radius 3 is 2.68 bits per heavy atom. The predicted molar refractivity (Wildman–Crippen MR) is 98.6 cm³/mol. The molecule has 25 heavy (non-hydrogen) atoms. The average molecular weight is 352 g/mol. The van der Waals surface area contributed by atoms with Crippen molar-refractivity contribution in [3.8, 4) is 0 Å². The average Bonchev–Trinajstić information content (AvgIpc) is 2.87. The fourth-order valence-corrected chi connectivity index (χ4v) is 3.38. The van der Waals surface area contributed by atoms with Crippen molar-refractivity contribution in [3.05, 3.63) is 70.4 Å². The molecule has 0 atom stereocenters. The van der Waals surface area contributed by atoms with Crippen molar-refractivity contribution in [2.45, 2.75) is 32.2 Å². The van der Waals surface area contributed by atoms with Crippen LogP contribution in [-0.4, -0.2) is 15.5 Å². The smallest absolute Gasteiger partial charge is 0.278 e. The van der Waals surface area contributed by atoms with Crippen molar-refractivity contribution in [2.24, 2.45) is 4.99 Å². The van der Waals surface area contributed by atoms with Crippen LogP contribution in [0.25, 0.3) is 10.9 Å². The van der Waals surface area contributed by atoms with E-state index < -0.39 is 0 Å². The zero-order valence-corrected chi connectivity index (χ0v) is 14.5. The van der Waals surface area contributed by atoms with Gasteiger partial charge in [-0.05, 0) is 49.2 Å². The molecule has 0 unspecified atom stereocenters. The van der Waals surface area contributed by atoms with Crippen LogP contribution in [0.2, 0.25) is 5.02 Å². The van der Waals surface area contributed by atoms with E-state index in [4.69, 9.17) is 16.6 Å². The second-order valence-corrected chi connectivity index (χ2v) is 6.69. The topological polar surface area (TPSA) is 47.2 Å². The lowest BCUT2D eigenvalue weighted by molar-refractivity contribution is 0.0997. The molecule has 1 aliphatic heterocycles. The SMILES string of the molecule is O=C(N=c1c2ccccc2nc2n1CCCCC2)c1ccc(Cl)cc1. The summed E-state index contributed by atoms with van der Waals surface area (Å²) in [5.41, 5.74) is 2.13. The van der Waals surface area contributed by atoms with E-state index in [1.54, 1.807) is 24.3 Å². The summed E-state index contributed by atoms with van der Waals surface area (Å²) in [6.07, 6.45) is 4.29. The van der Waals surface area contributed by atoms with Gasteiger partial charge in [-0.2, -0.15) is 4.99 Å². The van der Waals surface area contributed by atoms with E-state index in [1.807, 2.05) is 24.3 Å². The van der Waals surface area contributed by atoms with Gasteiger partial charge in [-0.1, -0.05) is 30.2 Å². The molecule has 4 rings (SSSR count).